The summed E-state index contributed by atoms with van der Waals surface area (Å²) < 4.78 is 5.03. The van der Waals surface area contributed by atoms with E-state index < -0.39 is 0 Å². The molecule has 0 aliphatic carbocycles. The van der Waals surface area contributed by atoms with E-state index in [2.05, 4.69) is 10.5 Å². The molecule has 5 heteroatoms. The van der Waals surface area contributed by atoms with Crippen molar-refractivity contribution in [2.24, 2.45) is 5.10 Å². The van der Waals surface area contributed by atoms with Crippen LogP contribution < -0.4 is 10.2 Å². The topological polar surface area (TPSA) is 50.7 Å². The number of hydrogen-bond donors (Lipinski definition) is 1. The Hall–Kier alpha value is -2.14. The smallest absolute Gasteiger partial charge is 0.271 e. The highest BCUT2D eigenvalue weighted by Crippen LogP contribution is 2.13. The quantitative estimate of drug-likeness (QED) is 0.688. The van der Waals surface area contributed by atoms with Gasteiger partial charge in [-0.15, -0.1) is 11.3 Å². The summed E-state index contributed by atoms with van der Waals surface area (Å²) in [6.45, 7) is 2.03. The molecule has 0 saturated carbocycles. The number of hydrogen-bond acceptors (Lipinski definition) is 4. The van der Waals surface area contributed by atoms with E-state index >= 15 is 0 Å². The number of rotatable bonds is 4. The third-order valence-corrected chi connectivity index (χ3v) is 3.41. The van der Waals surface area contributed by atoms with Gasteiger partial charge in [0, 0.05) is 15.3 Å². The van der Waals surface area contributed by atoms with E-state index in [9.17, 15) is 4.79 Å². The van der Waals surface area contributed by atoms with Gasteiger partial charge in [0.1, 0.15) is 5.75 Å². The first-order valence-electron chi connectivity index (χ1n) is 5.73. The third-order valence-electron chi connectivity index (χ3n) is 2.47. The maximum atomic E-state index is 11.8. The maximum absolute atomic E-state index is 11.8. The molecule has 2 aromatic rings. The fourth-order valence-corrected chi connectivity index (χ4v) is 2.23. The number of methoxy groups -OCH3 is 1. The Kier molecular flexibility index (Phi) is 4.30. The SMILES string of the molecule is COc1ccc(C(=O)N/N=C\c2ccc(C)s2)cc1. The zero-order valence-corrected chi connectivity index (χ0v) is 11.5. The van der Waals surface area contributed by atoms with Crippen LogP contribution in [-0.2, 0) is 0 Å². The Labute approximate surface area is 115 Å². The normalized spacial score (nSPS) is 10.6. The average molecular weight is 274 g/mol. The molecule has 4 nitrogen and oxygen atoms in total. The predicted octanol–water partition coefficient (Wildman–Crippen LogP) is 2.83. The molecule has 98 valence electrons. The van der Waals surface area contributed by atoms with Crippen molar-refractivity contribution in [3.05, 3.63) is 51.7 Å². The molecular weight excluding hydrogens is 260 g/mol. The number of nitrogens with zero attached hydrogens (tertiary/aromatic N) is 1. The molecule has 1 amide bonds. The highest BCUT2D eigenvalue weighted by molar-refractivity contribution is 7.13. The van der Waals surface area contributed by atoms with Crippen LogP contribution in [0.2, 0.25) is 0 Å². The Morgan fingerprint density at radius 1 is 1.26 bits per heavy atom. The van der Waals surface area contributed by atoms with Crippen LogP contribution in [0.3, 0.4) is 0 Å². The van der Waals surface area contributed by atoms with Crippen molar-refractivity contribution in [3.8, 4) is 5.75 Å². The van der Waals surface area contributed by atoms with E-state index in [4.69, 9.17) is 4.74 Å². The second-order valence-electron chi connectivity index (χ2n) is 3.88. The van der Waals surface area contributed by atoms with Crippen molar-refractivity contribution in [1.82, 2.24) is 5.43 Å². The van der Waals surface area contributed by atoms with Gasteiger partial charge in [0.2, 0.25) is 0 Å². The molecule has 0 unspecified atom stereocenters. The molecule has 0 fully saturated rings. The average Bonchev–Trinajstić information content (AvgIpc) is 2.84. The zero-order valence-electron chi connectivity index (χ0n) is 10.7. The summed E-state index contributed by atoms with van der Waals surface area (Å²) in [4.78, 5) is 14.0. The van der Waals surface area contributed by atoms with Crippen LogP contribution in [0.4, 0.5) is 0 Å². The molecule has 19 heavy (non-hydrogen) atoms. The van der Waals surface area contributed by atoms with E-state index in [1.54, 1.807) is 48.9 Å². The van der Waals surface area contributed by atoms with Gasteiger partial charge in [-0.05, 0) is 43.3 Å². The van der Waals surface area contributed by atoms with Gasteiger partial charge in [-0.2, -0.15) is 5.10 Å². The van der Waals surface area contributed by atoms with Crippen molar-refractivity contribution in [2.45, 2.75) is 6.92 Å². The van der Waals surface area contributed by atoms with Crippen molar-refractivity contribution >= 4 is 23.5 Å². The lowest BCUT2D eigenvalue weighted by molar-refractivity contribution is 0.0955. The zero-order chi connectivity index (χ0) is 13.7. The lowest BCUT2D eigenvalue weighted by Gasteiger charge is -2.01. The molecule has 1 N–H and O–H groups in total. The molecular formula is C14H14N2O2S. The van der Waals surface area contributed by atoms with Crippen LogP contribution in [-0.4, -0.2) is 19.2 Å². The Morgan fingerprint density at radius 3 is 2.58 bits per heavy atom. The number of hydrazone groups is 1. The van der Waals surface area contributed by atoms with Crippen LogP contribution in [0.1, 0.15) is 20.1 Å². The highest BCUT2D eigenvalue weighted by Gasteiger charge is 2.03. The Balaban J connectivity index is 1.95. The van der Waals surface area contributed by atoms with Gasteiger partial charge in [-0.3, -0.25) is 4.79 Å². The summed E-state index contributed by atoms with van der Waals surface area (Å²) in [6, 6.07) is 10.8. The van der Waals surface area contributed by atoms with Crippen LogP contribution in [0.25, 0.3) is 0 Å². The monoisotopic (exact) mass is 274 g/mol. The van der Waals surface area contributed by atoms with Gasteiger partial charge < -0.3 is 4.74 Å². The van der Waals surface area contributed by atoms with Gasteiger partial charge in [0.25, 0.3) is 5.91 Å². The maximum Gasteiger partial charge on any atom is 0.271 e. The third kappa shape index (κ3) is 3.66. The fraction of sp³-hybridized carbons (Fsp3) is 0.143. The molecule has 0 saturated heterocycles. The summed E-state index contributed by atoms with van der Waals surface area (Å²) in [5.41, 5.74) is 3.03. The molecule has 2 rings (SSSR count). The first kappa shape index (κ1) is 13.3. The minimum atomic E-state index is -0.243. The first-order valence-corrected chi connectivity index (χ1v) is 6.54. The number of nitrogens with one attached hydrogen (secondary N) is 1. The van der Waals surface area contributed by atoms with Gasteiger partial charge in [-0.25, -0.2) is 5.43 Å². The fourth-order valence-electron chi connectivity index (χ4n) is 1.48. The van der Waals surface area contributed by atoms with Gasteiger partial charge >= 0.3 is 0 Å². The summed E-state index contributed by atoms with van der Waals surface area (Å²) >= 11 is 1.62. The standard InChI is InChI=1S/C14H14N2O2S/c1-10-3-8-13(19-10)9-15-16-14(17)11-4-6-12(18-2)7-5-11/h3-9H,1-2H3,(H,16,17)/b15-9-. The molecule has 0 aliphatic rings. The minimum Gasteiger partial charge on any atom is -0.497 e. The molecule has 1 aromatic carbocycles. The summed E-state index contributed by atoms with van der Waals surface area (Å²) in [7, 11) is 1.59. The molecule has 1 heterocycles. The van der Waals surface area contributed by atoms with Crippen LogP contribution in [0.5, 0.6) is 5.75 Å². The second kappa shape index (κ2) is 6.15. The van der Waals surface area contributed by atoms with Crippen LogP contribution in [0.15, 0.2) is 41.5 Å². The molecule has 0 spiro atoms. The van der Waals surface area contributed by atoms with E-state index in [0.29, 0.717) is 11.3 Å². The number of thiophene rings is 1. The first-order chi connectivity index (χ1) is 9.19. The molecule has 0 atom stereocenters. The second-order valence-corrected chi connectivity index (χ2v) is 5.20. The van der Waals surface area contributed by atoms with E-state index in [1.165, 1.54) is 4.88 Å². The summed E-state index contributed by atoms with van der Waals surface area (Å²) in [5, 5.41) is 3.93. The van der Waals surface area contributed by atoms with Gasteiger partial charge in [-0.1, -0.05) is 0 Å². The van der Waals surface area contributed by atoms with Crippen LogP contribution in [0, 0.1) is 6.92 Å². The number of carbonyl (C=O) groups excluding carboxylic acids is 1. The number of benzene rings is 1. The van der Waals surface area contributed by atoms with Crippen molar-refractivity contribution < 1.29 is 9.53 Å². The Bertz CT molecular complexity index is 588. The number of amides is 1. The van der Waals surface area contributed by atoms with Gasteiger partial charge in [0.05, 0.1) is 13.3 Å². The van der Waals surface area contributed by atoms with E-state index in [-0.39, 0.29) is 5.91 Å². The van der Waals surface area contributed by atoms with Crippen molar-refractivity contribution in [1.29, 1.82) is 0 Å². The summed E-state index contributed by atoms with van der Waals surface area (Å²) in [5.74, 6) is 0.473. The Morgan fingerprint density at radius 2 is 2.00 bits per heavy atom. The lowest BCUT2D eigenvalue weighted by atomic mass is 10.2. The lowest BCUT2D eigenvalue weighted by Crippen LogP contribution is -2.17. The van der Waals surface area contributed by atoms with Crippen molar-refractivity contribution in [2.75, 3.05) is 7.11 Å². The predicted molar refractivity (Wildman–Crippen MR) is 77.1 cm³/mol. The molecule has 0 radical (unpaired) electrons. The highest BCUT2D eigenvalue weighted by atomic mass is 32.1. The summed E-state index contributed by atoms with van der Waals surface area (Å²) in [6.07, 6.45) is 1.64. The van der Waals surface area contributed by atoms with Gasteiger partial charge in [0.15, 0.2) is 0 Å². The minimum absolute atomic E-state index is 0.243. The van der Waals surface area contributed by atoms with E-state index in [0.717, 1.165) is 4.88 Å². The number of carbonyl (C=O) groups is 1. The molecule has 0 bridgehead atoms. The van der Waals surface area contributed by atoms with Crippen molar-refractivity contribution in [3.63, 3.8) is 0 Å². The molecule has 0 aliphatic heterocycles. The molecule has 1 aromatic heterocycles. The number of aryl methyl sites for hydroxylation is 1. The number of ether oxygens (including phenoxy) is 1. The van der Waals surface area contributed by atoms with E-state index in [1.807, 2.05) is 19.1 Å². The largest absolute Gasteiger partial charge is 0.497 e. The van der Waals surface area contributed by atoms with Crippen LogP contribution >= 0.6 is 11.3 Å².